The van der Waals surface area contributed by atoms with Crippen molar-refractivity contribution in [3.8, 4) is 5.75 Å². The molecule has 1 amide bonds. The zero-order chi connectivity index (χ0) is 13.8. The van der Waals surface area contributed by atoms with Crippen LogP contribution >= 0.6 is 0 Å². The van der Waals surface area contributed by atoms with Gasteiger partial charge in [0.05, 0.1) is 5.56 Å². The Morgan fingerprint density at radius 3 is 2.61 bits per heavy atom. The van der Waals surface area contributed by atoms with E-state index in [1.54, 1.807) is 0 Å². The summed E-state index contributed by atoms with van der Waals surface area (Å²) in [6, 6.07) is 2.72. The van der Waals surface area contributed by atoms with Crippen LogP contribution in [0, 0.1) is 0 Å². The highest BCUT2D eigenvalue weighted by Gasteiger charge is 2.30. The van der Waals surface area contributed by atoms with E-state index in [2.05, 4.69) is 5.32 Å². The van der Waals surface area contributed by atoms with Gasteiger partial charge in [-0.2, -0.15) is 13.2 Å². The molecular weight excluding hydrogens is 247 g/mol. The molecule has 0 bridgehead atoms. The van der Waals surface area contributed by atoms with Gasteiger partial charge in [0.25, 0.3) is 0 Å². The van der Waals surface area contributed by atoms with Gasteiger partial charge in [-0.05, 0) is 12.1 Å². The molecule has 0 saturated carbocycles. The van der Waals surface area contributed by atoms with Crippen LogP contribution in [0.1, 0.15) is 18.1 Å². The Labute approximate surface area is 102 Å². The van der Waals surface area contributed by atoms with Gasteiger partial charge < -0.3 is 10.4 Å². The van der Waals surface area contributed by atoms with Crippen molar-refractivity contribution in [3.05, 3.63) is 35.4 Å². The summed E-state index contributed by atoms with van der Waals surface area (Å²) in [5.74, 6) is -0.666. The van der Waals surface area contributed by atoms with E-state index in [1.165, 1.54) is 25.1 Å². The van der Waals surface area contributed by atoms with Gasteiger partial charge in [-0.3, -0.25) is 4.79 Å². The first-order chi connectivity index (χ1) is 8.30. The number of hydrogen-bond donors (Lipinski definition) is 2. The number of nitrogens with one attached hydrogen (secondary N) is 1. The van der Waals surface area contributed by atoms with Crippen molar-refractivity contribution in [2.75, 3.05) is 6.54 Å². The summed E-state index contributed by atoms with van der Waals surface area (Å²) in [5, 5.41) is 11.9. The third kappa shape index (κ3) is 4.12. The number of phenols is 1. The Kier molecular flexibility index (Phi) is 4.36. The number of phenolic OH excluding ortho intramolecular Hbond substituents is 1. The van der Waals surface area contributed by atoms with Crippen LogP contribution in [0.3, 0.4) is 0 Å². The second-order valence-corrected chi connectivity index (χ2v) is 3.61. The summed E-state index contributed by atoms with van der Waals surface area (Å²) in [6.07, 6.45) is -1.51. The first-order valence-electron chi connectivity index (χ1n) is 5.12. The van der Waals surface area contributed by atoms with Crippen LogP contribution in [0.15, 0.2) is 24.3 Å². The fraction of sp³-hybridized carbons (Fsp3) is 0.250. The summed E-state index contributed by atoms with van der Waals surface area (Å²) in [7, 11) is 0. The molecule has 3 nitrogen and oxygen atoms in total. The molecule has 0 unspecified atom stereocenters. The van der Waals surface area contributed by atoms with Crippen LogP contribution in [0.4, 0.5) is 13.2 Å². The number of hydrogen-bond acceptors (Lipinski definition) is 2. The minimum Gasteiger partial charge on any atom is -0.507 e. The number of aromatic hydroxyl groups is 1. The molecule has 0 aliphatic carbocycles. The van der Waals surface area contributed by atoms with Crippen LogP contribution in [-0.4, -0.2) is 17.6 Å². The largest absolute Gasteiger partial charge is 0.507 e. The quantitative estimate of drug-likeness (QED) is 0.876. The summed E-state index contributed by atoms with van der Waals surface area (Å²) < 4.78 is 37.0. The number of benzene rings is 1. The Bertz CT molecular complexity index is 467. The predicted molar refractivity (Wildman–Crippen MR) is 60.8 cm³/mol. The minimum atomic E-state index is -4.48. The molecule has 0 heterocycles. The van der Waals surface area contributed by atoms with E-state index in [-0.39, 0.29) is 18.0 Å². The molecule has 0 fully saturated rings. The van der Waals surface area contributed by atoms with E-state index in [1.807, 2.05) is 0 Å². The maximum absolute atomic E-state index is 12.3. The molecule has 1 aromatic rings. The molecule has 1 rings (SSSR count). The van der Waals surface area contributed by atoms with Gasteiger partial charge in [0, 0.05) is 19.0 Å². The molecular formula is C12H12F3NO2. The van der Waals surface area contributed by atoms with E-state index in [4.69, 9.17) is 0 Å². The second kappa shape index (κ2) is 5.57. The minimum absolute atomic E-state index is 0.212. The fourth-order valence-electron chi connectivity index (χ4n) is 1.25. The van der Waals surface area contributed by atoms with Crippen molar-refractivity contribution in [1.82, 2.24) is 5.32 Å². The Balaban J connectivity index is 2.77. The molecule has 0 aliphatic heterocycles. The van der Waals surface area contributed by atoms with Gasteiger partial charge >= 0.3 is 6.18 Å². The van der Waals surface area contributed by atoms with E-state index in [9.17, 15) is 23.1 Å². The molecule has 1 aromatic carbocycles. The van der Waals surface area contributed by atoms with Crippen molar-refractivity contribution in [2.24, 2.45) is 0 Å². The SMILES string of the molecule is CC(=O)NCC=Cc1ccc(C(F)(F)F)cc1O. The van der Waals surface area contributed by atoms with Crippen molar-refractivity contribution < 1.29 is 23.1 Å². The van der Waals surface area contributed by atoms with E-state index < -0.39 is 17.5 Å². The Hall–Kier alpha value is -1.98. The van der Waals surface area contributed by atoms with Crippen molar-refractivity contribution in [3.63, 3.8) is 0 Å². The molecule has 0 aliphatic rings. The summed E-state index contributed by atoms with van der Waals surface area (Å²) in [4.78, 5) is 10.6. The second-order valence-electron chi connectivity index (χ2n) is 3.61. The fourth-order valence-corrected chi connectivity index (χ4v) is 1.25. The Morgan fingerprint density at radius 2 is 2.11 bits per heavy atom. The van der Waals surface area contributed by atoms with E-state index >= 15 is 0 Å². The lowest BCUT2D eigenvalue weighted by Gasteiger charge is -2.08. The number of carbonyl (C=O) groups is 1. The van der Waals surface area contributed by atoms with Crippen LogP contribution < -0.4 is 5.32 Å². The average molecular weight is 259 g/mol. The first kappa shape index (κ1) is 14.1. The Morgan fingerprint density at radius 1 is 1.44 bits per heavy atom. The predicted octanol–water partition coefficient (Wildman–Crippen LogP) is 2.56. The molecule has 0 aromatic heterocycles. The third-order valence-corrected chi connectivity index (χ3v) is 2.12. The zero-order valence-electron chi connectivity index (χ0n) is 9.58. The van der Waals surface area contributed by atoms with E-state index in [0.717, 1.165) is 6.07 Å². The summed E-state index contributed by atoms with van der Waals surface area (Å²) in [5.41, 5.74) is -0.646. The van der Waals surface area contributed by atoms with Crippen LogP contribution in [0.25, 0.3) is 6.08 Å². The van der Waals surface area contributed by atoms with Crippen LogP contribution in [0.2, 0.25) is 0 Å². The van der Waals surface area contributed by atoms with Crippen molar-refractivity contribution in [2.45, 2.75) is 13.1 Å². The summed E-state index contributed by atoms with van der Waals surface area (Å²) >= 11 is 0. The highest BCUT2D eigenvalue weighted by atomic mass is 19.4. The number of halogens is 3. The molecule has 0 saturated heterocycles. The van der Waals surface area contributed by atoms with Crippen molar-refractivity contribution in [1.29, 1.82) is 0 Å². The van der Waals surface area contributed by atoms with Gasteiger partial charge in [0.2, 0.25) is 5.91 Å². The highest BCUT2D eigenvalue weighted by molar-refractivity contribution is 5.73. The number of amides is 1. The van der Waals surface area contributed by atoms with Gasteiger partial charge in [0.15, 0.2) is 0 Å². The molecule has 0 radical (unpaired) electrons. The molecule has 2 N–H and O–H groups in total. The summed E-state index contributed by atoms with van der Waals surface area (Å²) in [6.45, 7) is 1.60. The molecule has 98 valence electrons. The molecule has 18 heavy (non-hydrogen) atoms. The first-order valence-corrected chi connectivity index (χ1v) is 5.12. The zero-order valence-corrected chi connectivity index (χ0v) is 9.58. The van der Waals surface area contributed by atoms with Gasteiger partial charge in [-0.25, -0.2) is 0 Å². The highest BCUT2D eigenvalue weighted by Crippen LogP contribution is 2.32. The standard InChI is InChI=1S/C12H12F3NO2/c1-8(17)16-6-2-3-9-4-5-10(7-11(9)18)12(13,14)15/h2-5,7,18H,6H2,1H3,(H,16,17). The number of rotatable bonds is 3. The van der Waals surface area contributed by atoms with E-state index in [0.29, 0.717) is 6.07 Å². The average Bonchev–Trinajstić information content (AvgIpc) is 2.24. The van der Waals surface area contributed by atoms with Gasteiger partial charge in [-0.15, -0.1) is 0 Å². The lowest BCUT2D eigenvalue weighted by Crippen LogP contribution is -2.19. The normalized spacial score (nSPS) is 11.8. The topological polar surface area (TPSA) is 49.3 Å². The van der Waals surface area contributed by atoms with Crippen LogP contribution in [0.5, 0.6) is 5.75 Å². The van der Waals surface area contributed by atoms with Gasteiger partial charge in [0.1, 0.15) is 5.75 Å². The third-order valence-electron chi connectivity index (χ3n) is 2.12. The maximum atomic E-state index is 12.3. The number of carbonyl (C=O) groups excluding carboxylic acids is 1. The van der Waals surface area contributed by atoms with Crippen molar-refractivity contribution >= 4 is 12.0 Å². The smallest absolute Gasteiger partial charge is 0.416 e. The van der Waals surface area contributed by atoms with Gasteiger partial charge in [-0.1, -0.05) is 18.2 Å². The molecule has 6 heteroatoms. The number of alkyl halides is 3. The lowest BCUT2D eigenvalue weighted by molar-refractivity contribution is -0.137. The maximum Gasteiger partial charge on any atom is 0.416 e. The lowest BCUT2D eigenvalue weighted by atomic mass is 10.1. The molecule has 0 spiro atoms. The van der Waals surface area contributed by atoms with Crippen LogP contribution in [-0.2, 0) is 11.0 Å². The monoisotopic (exact) mass is 259 g/mol. The molecule has 0 atom stereocenters.